The van der Waals surface area contributed by atoms with E-state index in [2.05, 4.69) is 42.1 Å². The number of tetrazole rings is 1. The Balaban J connectivity index is 1.75. The van der Waals surface area contributed by atoms with E-state index in [0.29, 0.717) is 35.3 Å². The molecule has 1 amide bonds. The van der Waals surface area contributed by atoms with Crippen molar-refractivity contribution in [3.8, 4) is 5.75 Å². The fraction of sp³-hybridized carbons (Fsp3) is 0.200. The number of rotatable bonds is 5. The monoisotopic (exact) mass is 454 g/mol. The van der Waals surface area contributed by atoms with Crippen molar-refractivity contribution in [3.05, 3.63) is 69.8 Å². The Morgan fingerprint density at radius 3 is 2.90 bits per heavy atom. The highest BCUT2D eigenvalue weighted by molar-refractivity contribution is 9.10. The van der Waals surface area contributed by atoms with Crippen molar-refractivity contribution in [2.24, 2.45) is 0 Å². The summed E-state index contributed by atoms with van der Waals surface area (Å²) in [5, 5.41) is 18.0. The standard InChI is InChI=1S/C20H19BrN6O2/c1-3-29-16-10-5-4-9-15(16)23-19(28)17-12(2)22-20-24-25-26-27(20)18(17)13-7-6-8-14(21)11-13/h4-11,18H,3H2,1-2H3,(H,23,28)(H,22,24,26). The molecule has 0 bridgehead atoms. The molecule has 2 heterocycles. The summed E-state index contributed by atoms with van der Waals surface area (Å²) in [6.45, 7) is 4.25. The van der Waals surface area contributed by atoms with Crippen LogP contribution in [0, 0.1) is 0 Å². The molecule has 0 radical (unpaired) electrons. The molecule has 1 unspecified atom stereocenters. The summed E-state index contributed by atoms with van der Waals surface area (Å²) < 4.78 is 8.15. The fourth-order valence-corrected chi connectivity index (χ4v) is 3.75. The molecule has 0 aliphatic carbocycles. The summed E-state index contributed by atoms with van der Waals surface area (Å²) in [4.78, 5) is 13.4. The summed E-state index contributed by atoms with van der Waals surface area (Å²) in [5.41, 5.74) is 2.70. The van der Waals surface area contributed by atoms with Crippen LogP contribution in [0.4, 0.5) is 11.6 Å². The lowest BCUT2D eigenvalue weighted by Gasteiger charge is -2.28. The van der Waals surface area contributed by atoms with E-state index in [4.69, 9.17) is 4.74 Å². The van der Waals surface area contributed by atoms with Gasteiger partial charge >= 0.3 is 0 Å². The average Bonchev–Trinajstić information content (AvgIpc) is 3.16. The van der Waals surface area contributed by atoms with Crippen LogP contribution >= 0.6 is 15.9 Å². The maximum atomic E-state index is 13.4. The summed E-state index contributed by atoms with van der Waals surface area (Å²) in [7, 11) is 0. The Bertz CT molecular complexity index is 1090. The molecule has 1 aliphatic heterocycles. The predicted molar refractivity (Wildman–Crippen MR) is 113 cm³/mol. The molecule has 2 aromatic carbocycles. The molecule has 8 nitrogen and oxygen atoms in total. The lowest BCUT2D eigenvalue weighted by Crippen LogP contribution is -2.31. The normalized spacial score (nSPS) is 15.5. The number of hydrogen-bond acceptors (Lipinski definition) is 6. The maximum Gasteiger partial charge on any atom is 0.255 e. The number of nitrogens with one attached hydrogen (secondary N) is 2. The Kier molecular flexibility index (Phi) is 5.30. The minimum atomic E-state index is -0.474. The van der Waals surface area contributed by atoms with Crippen molar-refractivity contribution in [2.75, 3.05) is 17.2 Å². The third kappa shape index (κ3) is 3.73. The van der Waals surface area contributed by atoms with Gasteiger partial charge in [0.15, 0.2) is 0 Å². The van der Waals surface area contributed by atoms with Gasteiger partial charge in [-0.15, -0.1) is 0 Å². The first-order valence-electron chi connectivity index (χ1n) is 9.12. The SMILES string of the molecule is CCOc1ccccc1NC(=O)C1=C(C)Nc2nnnn2C1c1cccc(Br)c1. The molecule has 0 fully saturated rings. The number of para-hydroxylation sites is 2. The number of carbonyl (C=O) groups is 1. The molecule has 3 aromatic rings. The number of ether oxygens (including phenoxy) is 1. The third-order valence-corrected chi connectivity index (χ3v) is 5.05. The number of hydrogen-bond donors (Lipinski definition) is 2. The van der Waals surface area contributed by atoms with Crippen LogP contribution in [-0.2, 0) is 4.79 Å². The Morgan fingerprint density at radius 2 is 2.10 bits per heavy atom. The van der Waals surface area contributed by atoms with Crippen molar-refractivity contribution in [1.82, 2.24) is 20.2 Å². The van der Waals surface area contributed by atoms with Crippen molar-refractivity contribution in [1.29, 1.82) is 0 Å². The maximum absolute atomic E-state index is 13.4. The van der Waals surface area contributed by atoms with Crippen molar-refractivity contribution < 1.29 is 9.53 Å². The molecule has 1 aliphatic rings. The first-order valence-corrected chi connectivity index (χ1v) is 9.92. The van der Waals surface area contributed by atoms with E-state index in [0.717, 1.165) is 10.0 Å². The number of carbonyl (C=O) groups excluding carboxylic acids is 1. The van der Waals surface area contributed by atoms with Crippen LogP contribution in [-0.4, -0.2) is 32.7 Å². The van der Waals surface area contributed by atoms with Crippen LogP contribution < -0.4 is 15.4 Å². The van der Waals surface area contributed by atoms with E-state index in [1.54, 1.807) is 4.68 Å². The number of anilines is 2. The highest BCUT2D eigenvalue weighted by atomic mass is 79.9. The van der Waals surface area contributed by atoms with Crippen LogP contribution in [0.25, 0.3) is 0 Å². The molecule has 1 aromatic heterocycles. The second kappa shape index (κ2) is 8.04. The predicted octanol–water partition coefficient (Wildman–Crippen LogP) is 3.76. The van der Waals surface area contributed by atoms with Gasteiger partial charge in [0.1, 0.15) is 11.8 Å². The Hall–Kier alpha value is -3.20. The van der Waals surface area contributed by atoms with Crippen LogP contribution in [0.15, 0.2) is 64.3 Å². The fourth-order valence-electron chi connectivity index (χ4n) is 3.33. The largest absolute Gasteiger partial charge is 0.492 e. The van der Waals surface area contributed by atoms with Gasteiger partial charge in [0.25, 0.3) is 5.91 Å². The molecule has 1 atom stereocenters. The Labute approximate surface area is 176 Å². The van der Waals surface area contributed by atoms with Crippen LogP contribution in [0.1, 0.15) is 25.5 Å². The minimum absolute atomic E-state index is 0.256. The number of fused-ring (bicyclic) bond motifs is 1. The van der Waals surface area contributed by atoms with E-state index in [1.807, 2.05) is 62.4 Å². The Morgan fingerprint density at radius 1 is 1.28 bits per heavy atom. The second-order valence-corrected chi connectivity index (χ2v) is 7.37. The molecule has 0 saturated heterocycles. The smallest absolute Gasteiger partial charge is 0.255 e. The minimum Gasteiger partial charge on any atom is -0.492 e. The van der Waals surface area contributed by atoms with Gasteiger partial charge in [-0.3, -0.25) is 4.79 Å². The number of halogens is 1. The van der Waals surface area contributed by atoms with Gasteiger partial charge in [-0.05, 0) is 54.1 Å². The summed E-state index contributed by atoms with van der Waals surface area (Å²) in [5.74, 6) is 0.847. The van der Waals surface area contributed by atoms with Gasteiger partial charge in [0.05, 0.1) is 17.9 Å². The number of allylic oxidation sites excluding steroid dienone is 1. The topological polar surface area (TPSA) is 94.0 Å². The second-order valence-electron chi connectivity index (χ2n) is 6.45. The van der Waals surface area contributed by atoms with Crippen LogP contribution in [0.5, 0.6) is 5.75 Å². The summed E-state index contributed by atoms with van der Waals surface area (Å²) in [6.07, 6.45) is 0. The third-order valence-electron chi connectivity index (χ3n) is 4.56. The van der Waals surface area contributed by atoms with Gasteiger partial charge in [0, 0.05) is 10.2 Å². The highest BCUT2D eigenvalue weighted by Gasteiger charge is 2.34. The molecule has 29 heavy (non-hydrogen) atoms. The average molecular weight is 455 g/mol. The van der Waals surface area contributed by atoms with Crippen LogP contribution in [0.3, 0.4) is 0 Å². The number of benzene rings is 2. The first kappa shape index (κ1) is 19.1. The highest BCUT2D eigenvalue weighted by Crippen LogP contribution is 2.36. The van der Waals surface area contributed by atoms with Gasteiger partial charge in [-0.1, -0.05) is 45.3 Å². The molecule has 0 saturated carbocycles. The van der Waals surface area contributed by atoms with Gasteiger partial charge < -0.3 is 15.4 Å². The van der Waals surface area contributed by atoms with Gasteiger partial charge in [0.2, 0.25) is 5.95 Å². The molecular weight excluding hydrogens is 436 g/mol. The molecular formula is C20H19BrN6O2. The number of aromatic nitrogens is 4. The lowest BCUT2D eigenvalue weighted by atomic mass is 9.95. The molecule has 9 heteroatoms. The van der Waals surface area contributed by atoms with Crippen molar-refractivity contribution in [3.63, 3.8) is 0 Å². The van der Waals surface area contributed by atoms with E-state index in [1.165, 1.54) is 0 Å². The van der Waals surface area contributed by atoms with Gasteiger partial charge in [-0.25, -0.2) is 0 Å². The zero-order valence-electron chi connectivity index (χ0n) is 15.9. The molecule has 148 valence electrons. The van der Waals surface area contributed by atoms with E-state index in [9.17, 15) is 4.79 Å². The molecule has 0 spiro atoms. The molecule has 2 N–H and O–H groups in total. The van der Waals surface area contributed by atoms with Crippen molar-refractivity contribution in [2.45, 2.75) is 19.9 Å². The number of amides is 1. The number of nitrogens with zero attached hydrogens (tertiary/aromatic N) is 4. The van der Waals surface area contributed by atoms with Gasteiger partial charge in [-0.2, -0.15) is 4.68 Å². The zero-order valence-corrected chi connectivity index (χ0v) is 17.5. The van der Waals surface area contributed by atoms with E-state index < -0.39 is 6.04 Å². The van der Waals surface area contributed by atoms with Crippen molar-refractivity contribution >= 4 is 33.5 Å². The van der Waals surface area contributed by atoms with Crippen LogP contribution in [0.2, 0.25) is 0 Å². The lowest BCUT2D eigenvalue weighted by molar-refractivity contribution is -0.113. The van der Waals surface area contributed by atoms with E-state index >= 15 is 0 Å². The zero-order chi connectivity index (χ0) is 20.4. The quantitative estimate of drug-likeness (QED) is 0.609. The first-order chi connectivity index (χ1) is 14.1. The summed E-state index contributed by atoms with van der Waals surface area (Å²) in [6, 6.07) is 14.6. The molecule has 4 rings (SSSR count). The van der Waals surface area contributed by atoms with E-state index in [-0.39, 0.29) is 5.91 Å². The summed E-state index contributed by atoms with van der Waals surface area (Å²) >= 11 is 3.50.